The van der Waals surface area contributed by atoms with Crippen LogP contribution in [0.3, 0.4) is 0 Å². The first kappa shape index (κ1) is 24.8. The number of benzene rings is 3. The predicted octanol–water partition coefficient (Wildman–Crippen LogP) is 7.04. The van der Waals surface area contributed by atoms with Crippen LogP contribution in [0.1, 0.15) is 43.5 Å². The summed E-state index contributed by atoms with van der Waals surface area (Å²) in [5.41, 5.74) is 4.62. The molecule has 0 unspecified atom stereocenters. The van der Waals surface area contributed by atoms with Crippen LogP contribution in [-0.4, -0.2) is 28.0 Å². The molecule has 39 heavy (non-hydrogen) atoms. The molecule has 5 heteroatoms. The third kappa shape index (κ3) is 4.06. The van der Waals surface area contributed by atoms with Crippen molar-refractivity contribution in [3.8, 4) is 0 Å². The Kier molecular flexibility index (Phi) is 6.37. The molecule has 2 aromatic heterocycles. The molecular formula is C34H30N4Si. The summed E-state index contributed by atoms with van der Waals surface area (Å²) in [7, 11) is -2.93. The average Bonchev–Trinajstić information content (AvgIpc) is 3.33. The normalized spacial score (nSPS) is 15.1. The van der Waals surface area contributed by atoms with Crippen molar-refractivity contribution in [3.63, 3.8) is 0 Å². The molecule has 0 aliphatic carbocycles. The summed E-state index contributed by atoms with van der Waals surface area (Å²) in [4.78, 5) is 19.7. The lowest BCUT2D eigenvalue weighted by Crippen LogP contribution is -2.57. The molecule has 0 radical (unpaired) electrons. The highest BCUT2D eigenvalue weighted by molar-refractivity contribution is 7.23. The lowest BCUT2D eigenvalue weighted by molar-refractivity contribution is 0.740. The van der Waals surface area contributed by atoms with E-state index >= 15 is 0 Å². The van der Waals surface area contributed by atoms with Crippen molar-refractivity contribution in [3.05, 3.63) is 151 Å². The van der Waals surface area contributed by atoms with E-state index in [9.17, 15) is 0 Å². The fourth-order valence-electron chi connectivity index (χ4n) is 6.11. The summed E-state index contributed by atoms with van der Waals surface area (Å²) in [6.45, 7) is 7.07. The molecular weight excluding hydrogens is 492 g/mol. The van der Waals surface area contributed by atoms with Gasteiger partial charge >= 0.3 is 0 Å². The second-order valence-electron chi connectivity index (χ2n) is 10.7. The fraction of sp³-hybridized carbons (Fsp3) is 0.118. The monoisotopic (exact) mass is 522 g/mol. The lowest BCUT2D eigenvalue weighted by Gasteiger charge is -2.44. The van der Waals surface area contributed by atoms with Crippen LogP contribution in [0, 0.1) is 0 Å². The lowest BCUT2D eigenvalue weighted by atomic mass is 9.91. The van der Waals surface area contributed by atoms with Gasteiger partial charge in [0.25, 0.3) is 0 Å². The standard InChI is InChI=1S/C34H30N4Si/c1-34(2,3)39(27-19-11-6-12-20-27)30(32-35-21-13-22-36-32)28(25-15-7-4-8-16-25)29(26-17-9-5-10-18-26)31(39)33-37-23-14-24-38-33/h4-24H,1-3H3. The molecule has 0 spiro atoms. The van der Waals surface area contributed by atoms with Gasteiger partial charge in [0, 0.05) is 35.2 Å². The molecule has 6 rings (SSSR count). The van der Waals surface area contributed by atoms with E-state index in [-0.39, 0.29) is 5.04 Å². The molecule has 0 amide bonds. The van der Waals surface area contributed by atoms with Crippen molar-refractivity contribution < 1.29 is 0 Å². The van der Waals surface area contributed by atoms with E-state index in [1.54, 1.807) is 0 Å². The van der Waals surface area contributed by atoms with Gasteiger partial charge < -0.3 is 0 Å². The number of rotatable bonds is 5. The van der Waals surface area contributed by atoms with E-state index in [2.05, 4.69) is 112 Å². The Morgan fingerprint density at radius 1 is 0.462 bits per heavy atom. The van der Waals surface area contributed by atoms with Crippen molar-refractivity contribution in [1.29, 1.82) is 0 Å². The van der Waals surface area contributed by atoms with Crippen LogP contribution in [0.2, 0.25) is 5.04 Å². The first-order valence-electron chi connectivity index (χ1n) is 13.2. The van der Waals surface area contributed by atoms with Gasteiger partial charge in [-0.05, 0) is 44.6 Å². The fourth-order valence-corrected chi connectivity index (χ4v) is 12.2. The van der Waals surface area contributed by atoms with Gasteiger partial charge in [0.1, 0.15) is 0 Å². The Labute approximate surface area is 230 Å². The summed E-state index contributed by atoms with van der Waals surface area (Å²) in [6.07, 6.45) is 7.40. The van der Waals surface area contributed by atoms with Gasteiger partial charge in [-0.15, -0.1) is 0 Å². The average molecular weight is 523 g/mol. The Bertz CT molecular complexity index is 1540. The van der Waals surface area contributed by atoms with Crippen LogP contribution in [0.4, 0.5) is 0 Å². The van der Waals surface area contributed by atoms with Gasteiger partial charge in [0.2, 0.25) is 0 Å². The summed E-state index contributed by atoms with van der Waals surface area (Å²) in [6, 6.07) is 36.0. The molecule has 0 atom stereocenters. The van der Waals surface area contributed by atoms with Gasteiger partial charge in [-0.2, -0.15) is 0 Å². The number of aromatic nitrogens is 4. The zero-order chi connectivity index (χ0) is 26.9. The summed E-state index contributed by atoms with van der Waals surface area (Å²) < 4.78 is 0. The molecule has 190 valence electrons. The molecule has 0 N–H and O–H groups in total. The molecule has 0 saturated carbocycles. The van der Waals surface area contributed by atoms with Crippen molar-refractivity contribution in [1.82, 2.24) is 19.9 Å². The Balaban J connectivity index is 1.91. The predicted molar refractivity (Wildman–Crippen MR) is 162 cm³/mol. The first-order chi connectivity index (χ1) is 19.0. The van der Waals surface area contributed by atoms with Gasteiger partial charge in [-0.25, -0.2) is 19.9 Å². The second kappa shape index (κ2) is 10.0. The van der Waals surface area contributed by atoms with E-state index in [0.29, 0.717) is 0 Å². The topological polar surface area (TPSA) is 51.6 Å². The van der Waals surface area contributed by atoms with Crippen LogP contribution < -0.4 is 5.19 Å². The summed E-state index contributed by atoms with van der Waals surface area (Å²) >= 11 is 0. The van der Waals surface area contributed by atoms with Crippen LogP contribution >= 0.6 is 0 Å². The Hall–Kier alpha value is -4.48. The smallest absolute Gasteiger partial charge is 0.164 e. The number of hydrogen-bond acceptors (Lipinski definition) is 4. The molecule has 3 aromatic carbocycles. The van der Waals surface area contributed by atoms with Crippen molar-refractivity contribution in [2.75, 3.05) is 0 Å². The number of nitrogens with zero attached hydrogens (tertiary/aromatic N) is 4. The third-order valence-electron chi connectivity index (χ3n) is 7.54. The van der Waals surface area contributed by atoms with Crippen molar-refractivity contribution in [2.24, 2.45) is 0 Å². The van der Waals surface area contributed by atoms with E-state index in [4.69, 9.17) is 19.9 Å². The van der Waals surface area contributed by atoms with Gasteiger partial charge in [-0.3, -0.25) is 0 Å². The van der Waals surface area contributed by atoms with Gasteiger partial charge in [0.15, 0.2) is 19.7 Å². The van der Waals surface area contributed by atoms with Crippen LogP contribution in [0.15, 0.2) is 128 Å². The van der Waals surface area contributed by atoms with Crippen LogP contribution in [0.5, 0.6) is 0 Å². The molecule has 5 aromatic rings. The first-order valence-corrected chi connectivity index (χ1v) is 15.2. The molecule has 1 aliphatic heterocycles. The maximum atomic E-state index is 4.93. The minimum atomic E-state index is -2.93. The minimum absolute atomic E-state index is 0.187. The molecule has 0 fully saturated rings. The number of hydrogen-bond donors (Lipinski definition) is 0. The summed E-state index contributed by atoms with van der Waals surface area (Å²) in [5, 5.41) is 3.51. The Morgan fingerprint density at radius 3 is 1.18 bits per heavy atom. The van der Waals surface area contributed by atoms with Crippen molar-refractivity contribution >= 4 is 34.8 Å². The highest BCUT2D eigenvalue weighted by atomic mass is 28.3. The zero-order valence-electron chi connectivity index (χ0n) is 22.4. The maximum Gasteiger partial charge on any atom is 0.164 e. The molecule has 1 aliphatic rings. The molecule has 0 bridgehead atoms. The third-order valence-corrected chi connectivity index (χ3v) is 13.4. The molecule has 3 heterocycles. The largest absolute Gasteiger partial charge is 0.237 e. The van der Waals surface area contributed by atoms with E-state index in [1.807, 2.05) is 36.9 Å². The molecule has 4 nitrogen and oxygen atoms in total. The Morgan fingerprint density at radius 2 is 0.821 bits per heavy atom. The second-order valence-corrected chi connectivity index (χ2v) is 15.3. The minimum Gasteiger partial charge on any atom is -0.237 e. The van der Waals surface area contributed by atoms with E-state index in [0.717, 1.165) is 22.8 Å². The van der Waals surface area contributed by atoms with E-state index < -0.39 is 8.07 Å². The highest BCUT2D eigenvalue weighted by Gasteiger charge is 2.60. The van der Waals surface area contributed by atoms with Crippen LogP contribution in [0.25, 0.3) is 21.5 Å². The zero-order valence-corrected chi connectivity index (χ0v) is 23.4. The van der Waals surface area contributed by atoms with Gasteiger partial charge in [0.05, 0.1) is 0 Å². The van der Waals surface area contributed by atoms with Crippen molar-refractivity contribution in [2.45, 2.75) is 25.8 Å². The summed E-state index contributed by atoms with van der Waals surface area (Å²) in [5.74, 6) is 1.53. The quantitative estimate of drug-likeness (QED) is 0.232. The molecule has 0 saturated heterocycles. The maximum absolute atomic E-state index is 4.93. The number of allylic oxidation sites excluding steroid dienone is 2. The van der Waals surface area contributed by atoms with Crippen LogP contribution in [-0.2, 0) is 0 Å². The van der Waals surface area contributed by atoms with E-state index in [1.165, 1.54) is 26.7 Å². The SMILES string of the molecule is CC(C)(C)[Si]1(c2ccccc2)C(c2ncccn2)=C(c2ccccc2)C(c2ccccc2)=C1c1ncccn1. The highest BCUT2D eigenvalue weighted by Crippen LogP contribution is 2.61. The van der Waals surface area contributed by atoms with Gasteiger partial charge in [-0.1, -0.05) is 112 Å².